The summed E-state index contributed by atoms with van der Waals surface area (Å²) in [4.78, 5) is 27.1. The third kappa shape index (κ3) is 3.64. The van der Waals surface area contributed by atoms with Crippen LogP contribution in [-0.2, 0) is 0 Å². The molecule has 4 aromatic heterocycles. The molecule has 1 amide bonds. The normalized spacial score (nSPS) is 12.2. The number of hydrogen-bond donors (Lipinski definition) is 1. The summed E-state index contributed by atoms with van der Waals surface area (Å²) in [7, 11) is 0. The molecule has 5 nitrogen and oxygen atoms in total. The average molecular weight is 388 g/mol. The topological polar surface area (TPSA) is 67.8 Å². The third-order valence-corrected chi connectivity index (χ3v) is 5.59. The van der Waals surface area contributed by atoms with Crippen LogP contribution in [0.5, 0.6) is 0 Å². The smallest absolute Gasteiger partial charge is 0.270 e. The van der Waals surface area contributed by atoms with Crippen LogP contribution in [0.1, 0.15) is 35.3 Å². The first-order valence-electron chi connectivity index (χ1n) is 9.13. The Morgan fingerprint density at radius 2 is 1.86 bits per heavy atom. The lowest BCUT2D eigenvalue weighted by molar-refractivity contribution is 0.0922. The molecule has 0 saturated carbocycles. The van der Waals surface area contributed by atoms with Gasteiger partial charge in [-0.1, -0.05) is 19.9 Å². The van der Waals surface area contributed by atoms with Gasteiger partial charge in [-0.15, -0.1) is 11.3 Å². The number of amides is 1. The van der Waals surface area contributed by atoms with Gasteiger partial charge in [0.05, 0.1) is 11.6 Å². The van der Waals surface area contributed by atoms with Crippen molar-refractivity contribution in [2.24, 2.45) is 5.92 Å². The fourth-order valence-corrected chi connectivity index (χ4v) is 4.15. The second-order valence-corrected chi connectivity index (χ2v) is 7.87. The molecule has 0 radical (unpaired) electrons. The maximum Gasteiger partial charge on any atom is 0.270 e. The van der Waals surface area contributed by atoms with E-state index in [4.69, 9.17) is 0 Å². The fourth-order valence-electron chi connectivity index (χ4n) is 3.21. The predicted molar refractivity (Wildman–Crippen MR) is 112 cm³/mol. The molecule has 0 aromatic carbocycles. The highest BCUT2D eigenvalue weighted by Crippen LogP contribution is 2.29. The first-order chi connectivity index (χ1) is 13.6. The van der Waals surface area contributed by atoms with E-state index in [1.165, 1.54) is 0 Å². The summed E-state index contributed by atoms with van der Waals surface area (Å²) >= 11 is 1.65. The van der Waals surface area contributed by atoms with Crippen molar-refractivity contribution >= 4 is 28.1 Å². The van der Waals surface area contributed by atoms with Crippen molar-refractivity contribution in [3.63, 3.8) is 0 Å². The summed E-state index contributed by atoms with van der Waals surface area (Å²) in [5, 5.41) is 6.09. The van der Waals surface area contributed by atoms with Crippen molar-refractivity contribution in [1.82, 2.24) is 20.3 Å². The van der Waals surface area contributed by atoms with E-state index in [0.29, 0.717) is 5.69 Å². The van der Waals surface area contributed by atoms with Crippen LogP contribution >= 0.6 is 11.3 Å². The zero-order chi connectivity index (χ0) is 19.5. The van der Waals surface area contributed by atoms with Crippen molar-refractivity contribution in [2.45, 2.75) is 19.9 Å². The van der Waals surface area contributed by atoms with Gasteiger partial charge in [-0.2, -0.15) is 0 Å². The van der Waals surface area contributed by atoms with E-state index in [1.54, 1.807) is 36.1 Å². The van der Waals surface area contributed by atoms with Gasteiger partial charge in [0.2, 0.25) is 0 Å². The Hall–Kier alpha value is -3.12. The summed E-state index contributed by atoms with van der Waals surface area (Å²) in [6, 6.07) is 11.5. The molecule has 0 aliphatic heterocycles. The van der Waals surface area contributed by atoms with E-state index in [1.807, 2.05) is 35.7 Å². The van der Waals surface area contributed by atoms with Gasteiger partial charge in [-0.3, -0.25) is 14.8 Å². The second kappa shape index (κ2) is 7.86. The number of aromatic nitrogens is 3. The summed E-state index contributed by atoms with van der Waals surface area (Å²) in [5.41, 5.74) is 3.03. The lowest BCUT2D eigenvalue weighted by Crippen LogP contribution is -2.31. The molecule has 140 valence electrons. The maximum absolute atomic E-state index is 13.1. The number of carbonyl (C=O) groups is 1. The van der Waals surface area contributed by atoms with E-state index in [2.05, 4.69) is 40.2 Å². The van der Waals surface area contributed by atoms with Crippen LogP contribution in [-0.4, -0.2) is 20.9 Å². The monoisotopic (exact) mass is 388 g/mol. The fraction of sp³-hybridized carbons (Fsp3) is 0.182. The van der Waals surface area contributed by atoms with Gasteiger partial charge in [0.1, 0.15) is 5.69 Å². The Morgan fingerprint density at radius 1 is 1.07 bits per heavy atom. The summed E-state index contributed by atoms with van der Waals surface area (Å²) < 4.78 is 0. The Kier molecular flexibility index (Phi) is 5.12. The molecular formula is C22H20N4OS. The van der Waals surface area contributed by atoms with Crippen molar-refractivity contribution < 1.29 is 4.79 Å². The molecule has 6 heteroatoms. The van der Waals surface area contributed by atoms with E-state index < -0.39 is 0 Å². The van der Waals surface area contributed by atoms with Gasteiger partial charge in [0, 0.05) is 35.1 Å². The average Bonchev–Trinajstić information content (AvgIpc) is 3.25. The number of pyridine rings is 3. The van der Waals surface area contributed by atoms with Gasteiger partial charge in [0.15, 0.2) is 0 Å². The highest BCUT2D eigenvalue weighted by Gasteiger charge is 2.21. The van der Waals surface area contributed by atoms with Crippen LogP contribution in [0.25, 0.3) is 22.0 Å². The minimum atomic E-state index is -0.180. The number of fused-ring (bicyclic) bond motifs is 1. The number of hydrogen-bond acceptors (Lipinski definition) is 5. The number of carbonyl (C=O) groups excluding carboxylic acids is 1. The van der Waals surface area contributed by atoms with Gasteiger partial charge < -0.3 is 5.32 Å². The predicted octanol–water partition coefficient (Wildman–Crippen LogP) is 4.88. The number of nitrogens with zero attached hydrogens (tertiary/aromatic N) is 3. The molecule has 0 bridgehead atoms. The lowest BCUT2D eigenvalue weighted by atomic mass is 10.0. The van der Waals surface area contributed by atoms with Gasteiger partial charge in [-0.25, -0.2) is 4.98 Å². The van der Waals surface area contributed by atoms with Crippen LogP contribution < -0.4 is 5.32 Å². The lowest BCUT2D eigenvalue weighted by Gasteiger charge is -2.21. The standard InChI is InChI=1S/C22H20N4OS/c1-14(2)21(20-4-3-11-28-20)26-22(27)19-12-16(15-5-8-23-9-6-15)17-13-24-10-7-18(17)25-19/h3-14,21H,1-2H3,(H,26,27). The van der Waals surface area contributed by atoms with E-state index in [-0.39, 0.29) is 17.9 Å². The molecule has 1 N–H and O–H groups in total. The molecule has 0 aliphatic carbocycles. The minimum absolute atomic E-state index is 0.0492. The molecule has 1 unspecified atom stereocenters. The van der Waals surface area contributed by atoms with E-state index in [9.17, 15) is 4.79 Å². The second-order valence-electron chi connectivity index (χ2n) is 6.89. The first-order valence-corrected chi connectivity index (χ1v) is 10.0. The van der Waals surface area contributed by atoms with Crippen molar-refractivity contribution in [3.8, 4) is 11.1 Å². The summed E-state index contributed by atoms with van der Waals surface area (Å²) in [6.45, 7) is 4.21. The molecule has 0 saturated heterocycles. The quantitative estimate of drug-likeness (QED) is 0.529. The van der Waals surface area contributed by atoms with Gasteiger partial charge in [0.25, 0.3) is 5.91 Å². The molecule has 4 heterocycles. The molecular weight excluding hydrogens is 368 g/mol. The Labute approximate surface area is 167 Å². The zero-order valence-electron chi connectivity index (χ0n) is 15.7. The summed E-state index contributed by atoms with van der Waals surface area (Å²) in [6.07, 6.45) is 6.95. The Bertz CT molecular complexity index is 1090. The molecule has 0 aliphatic rings. The maximum atomic E-state index is 13.1. The summed E-state index contributed by atoms with van der Waals surface area (Å²) in [5.74, 6) is 0.0908. The Morgan fingerprint density at radius 3 is 2.57 bits per heavy atom. The van der Waals surface area contributed by atoms with Gasteiger partial charge >= 0.3 is 0 Å². The highest BCUT2D eigenvalue weighted by atomic mass is 32.1. The van der Waals surface area contributed by atoms with Crippen molar-refractivity contribution in [2.75, 3.05) is 0 Å². The van der Waals surface area contributed by atoms with Crippen LogP contribution in [0.4, 0.5) is 0 Å². The third-order valence-electron chi connectivity index (χ3n) is 4.64. The minimum Gasteiger partial charge on any atom is -0.343 e. The van der Waals surface area contributed by atoms with Crippen LogP contribution in [0.2, 0.25) is 0 Å². The molecule has 4 aromatic rings. The van der Waals surface area contributed by atoms with Crippen LogP contribution in [0, 0.1) is 5.92 Å². The van der Waals surface area contributed by atoms with E-state index in [0.717, 1.165) is 26.9 Å². The molecule has 1 atom stereocenters. The first kappa shape index (κ1) is 18.3. The van der Waals surface area contributed by atoms with E-state index >= 15 is 0 Å². The Balaban J connectivity index is 1.75. The number of rotatable bonds is 5. The molecule has 4 rings (SSSR count). The highest BCUT2D eigenvalue weighted by molar-refractivity contribution is 7.10. The largest absolute Gasteiger partial charge is 0.343 e. The molecule has 0 fully saturated rings. The zero-order valence-corrected chi connectivity index (χ0v) is 16.5. The number of thiophene rings is 1. The van der Waals surface area contributed by atoms with Gasteiger partial charge in [-0.05, 0) is 52.8 Å². The van der Waals surface area contributed by atoms with Crippen molar-refractivity contribution in [3.05, 3.63) is 77.1 Å². The van der Waals surface area contributed by atoms with Crippen LogP contribution in [0.15, 0.2) is 66.6 Å². The SMILES string of the molecule is CC(C)C(NC(=O)c1cc(-c2ccncc2)c2cnccc2n1)c1cccs1. The van der Waals surface area contributed by atoms with Crippen LogP contribution in [0.3, 0.4) is 0 Å². The molecule has 0 spiro atoms. The van der Waals surface area contributed by atoms with Crippen molar-refractivity contribution in [1.29, 1.82) is 0 Å². The number of nitrogens with one attached hydrogen (secondary N) is 1. The molecule has 28 heavy (non-hydrogen) atoms.